The number of likely N-dealkylation sites (tertiary alicyclic amines) is 1. The molecule has 112 valence electrons. The second-order valence-corrected chi connectivity index (χ2v) is 6.85. The number of aromatic amines is 1. The zero-order chi connectivity index (χ0) is 15.2. The quantitative estimate of drug-likeness (QED) is 0.757. The highest BCUT2D eigenvalue weighted by Crippen LogP contribution is 2.34. The van der Waals surface area contributed by atoms with Gasteiger partial charge in [0.25, 0.3) is 0 Å². The van der Waals surface area contributed by atoms with Crippen LogP contribution in [0.4, 0.5) is 0 Å². The summed E-state index contributed by atoms with van der Waals surface area (Å²) >= 11 is 3.46. The lowest BCUT2D eigenvalue weighted by atomic mass is 9.86. The SMILES string of the molecule is OC1(c2cccc(Br)c2)CN(Cc2cccc3[nH]ncc23)C1. The lowest BCUT2D eigenvalue weighted by Gasteiger charge is -2.47. The van der Waals surface area contributed by atoms with Gasteiger partial charge in [0.1, 0.15) is 5.60 Å². The van der Waals surface area contributed by atoms with Crippen LogP contribution in [0, 0.1) is 0 Å². The number of nitrogens with one attached hydrogen (secondary N) is 1. The van der Waals surface area contributed by atoms with E-state index in [9.17, 15) is 5.11 Å². The molecule has 1 fully saturated rings. The first-order valence-corrected chi connectivity index (χ1v) is 8.05. The molecule has 2 heterocycles. The Labute approximate surface area is 136 Å². The number of aromatic nitrogens is 2. The van der Waals surface area contributed by atoms with Gasteiger partial charge in [-0.15, -0.1) is 0 Å². The minimum absolute atomic E-state index is 0.650. The molecule has 2 N–H and O–H groups in total. The van der Waals surface area contributed by atoms with E-state index in [4.69, 9.17) is 0 Å². The van der Waals surface area contributed by atoms with Crippen LogP contribution in [0.5, 0.6) is 0 Å². The number of fused-ring (bicyclic) bond motifs is 1. The third-order valence-electron chi connectivity index (χ3n) is 4.30. The maximum absolute atomic E-state index is 10.7. The van der Waals surface area contributed by atoms with Crippen LogP contribution in [0.3, 0.4) is 0 Å². The number of nitrogens with zero attached hydrogens (tertiary/aromatic N) is 2. The van der Waals surface area contributed by atoms with Gasteiger partial charge in [0, 0.05) is 29.5 Å². The van der Waals surface area contributed by atoms with E-state index >= 15 is 0 Å². The van der Waals surface area contributed by atoms with Gasteiger partial charge in [0.05, 0.1) is 11.7 Å². The summed E-state index contributed by atoms with van der Waals surface area (Å²) in [6.07, 6.45) is 1.87. The van der Waals surface area contributed by atoms with Crippen molar-refractivity contribution in [2.45, 2.75) is 12.1 Å². The number of β-amino-alcohol motifs (C(OH)–C–C–N with tert-alkyl or cyclic N) is 1. The summed E-state index contributed by atoms with van der Waals surface area (Å²) in [4.78, 5) is 2.25. The van der Waals surface area contributed by atoms with Gasteiger partial charge in [0.15, 0.2) is 0 Å². The fourth-order valence-corrected chi connectivity index (χ4v) is 3.57. The van der Waals surface area contributed by atoms with Crippen LogP contribution in [0.15, 0.2) is 53.1 Å². The van der Waals surface area contributed by atoms with E-state index in [0.29, 0.717) is 13.1 Å². The highest BCUT2D eigenvalue weighted by molar-refractivity contribution is 9.10. The number of H-pyrrole nitrogens is 1. The Hall–Kier alpha value is -1.69. The molecule has 0 atom stereocenters. The molecule has 3 aromatic rings. The number of hydrogen-bond acceptors (Lipinski definition) is 3. The van der Waals surface area contributed by atoms with Gasteiger partial charge in [-0.1, -0.05) is 40.2 Å². The Balaban J connectivity index is 1.50. The largest absolute Gasteiger partial charge is 0.382 e. The molecule has 4 rings (SSSR count). The smallest absolute Gasteiger partial charge is 0.115 e. The Bertz CT molecular complexity index is 823. The van der Waals surface area contributed by atoms with Crippen LogP contribution in [-0.2, 0) is 12.1 Å². The standard InChI is InChI=1S/C17H16BrN3O/c18-14-5-2-4-13(7-14)17(22)10-21(11-17)9-12-3-1-6-16-15(12)8-19-20-16/h1-8,22H,9-11H2,(H,19,20). The molecular formula is C17H16BrN3O. The third-order valence-corrected chi connectivity index (χ3v) is 4.79. The minimum Gasteiger partial charge on any atom is -0.382 e. The van der Waals surface area contributed by atoms with Crippen LogP contribution in [0.25, 0.3) is 10.9 Å². The highest BCUT2D eigenvalue weighted by atomic mass is 79.9. The van der Waals surface area contributed by atoms with E-state index in [1.54, 1.807) is 0 Å². The lowest BCUT2D eigenvalue weighted by Crippen LogP contribution is -2.58. The fourth-order valence-electron chi connectivity index (χ4n) is 3.17. The molecule has 1 aliphatic heterocycles. The van der Waals surface area contributed by atoms with Gasteiger partial charge >= 0.3 is 0 Å². The number of benzene rings is 2. The van der Waals surface area contributed by atoms with E-state index in [2.05, 4.69) is 37.1 Å². The Morgan fingerprint density at radius 3 is 2.86 bits per heavy atom. The Kier molecular flexibility index (Phi) is 3.29. The van der Waals surface area contributed by atoms with E-state index in [0.717, 1.165) is 27.5 Å². The van der Waals surface area contributed by atoms with Crippen molar-refractivity contribution in [2.24, 2.45) is 0 Å². The topological polar surface area (TPSA) is 52.1 Å². The van der Waals surface area contributed by atoms with E-state index < -0.39 is 5.60 Å². The normalized spacial score (nSPS) is 17.5. The number of rotatable bonds is 3. The molecule has 1 aliphatic rings. The summed E-state index contributed by atoms with van der Waals surface area (Å²) in [6, 6.07) is 14.1. The number of aliphatic hydroxyl groups is 1. The van der Waals surface area contributed by atoms with Gasteiger partial charge in [-0.25, -0.2) is 0 Å². The van der Waals surface area contributed by atoms with Crippen LogP contribution in [0.1, 0.15) is 11.1 Å². The molecule has 0 unspecified atom stereocenters. The number of hydrogen-bond donors (Lipinski definition) is 2. The zero-order valence-corrected chi connectivity index (χ0v) is 13.5. The van der Waals surface area contributed by atoms with Crippen molar-refractivity contribution in [3.05, 3.63) is 64.3 Å². The first-order chi connectivity index (χ1) is 10.6. The molecule has 0 spiro atoms. The summed E-state index contributed by atoms with van der Waals surface area (Å²) in [5.74, 6) is 0. The molecule has 22 heavy (non-hydrogen) atoms. The van der Waals surface area contributed by atoms with Crippen LogP contribution in [-0.4, -0.2) is 33.3 Å². The molecule has 0 amide bonds. The van der Waals surface area contributed by atoms with Crippen LogP contribution < -0.4 is 0 Å². The highest BCUT2D eigenvalue weighted by Gasteiger charge is 2.42. The second-order valence-electron chi connectivity index (χ2n) is 5.94. The molecule has 0 bridgehead atoms. The first kappa shape index (κ1) is 13.9. The van der Waals surface area contributed by atoms with Gasteiger partial charge in [-0.2, -0.15) is 5.10 Å². The molecule has 4 nitrogen and oxygen atoms in total. The number of halogens is 1. The first-order valence-electron chi connectivity index (χ1n) is 7.26. The van der Waals surface area contributed by atoms with Crippen LogP contribution >= 0.6 is 15.9 Å². The molecule has 2 aromatic carbocycles. The predicted molar refractivity (Wildman–Crippen MR) is 89.4 cm³/mol. The van der Waals surface area contributed by atoms with Crippen molar-refractivity contribution in [1.82, 2.24) is 15.1 Å². The fraction of sp³-hybridized carbons (Fsp3) is 0.235. The molecule has 5 heteroatoms. The summed E-state index contributed by atoms with van der Waals surface area (Å²) in [5.41, 5.74) is 2.52. The molecule has 0 radical (unpaired) electrons. The minimum atomic E-state index is -0.742. The van der Waals surface area contributed by atoms with Crippen molar-refractivity contribution >= 4 is 26.8 Å². The van der Waals surface area contributed by atoms with Gasteiger partial charge in [-0.05, 0) is 29.3 Å². The molecule has 1 saturated heterocycles. The monoisotopic (exact) mass is 357 g/mol. The van der Waals surface area contributed by atoms with Gasteiger partial charge in [-0.3, -0.25) is 10.00 Å². The summed E-state index contributed by atoms with van der Waals surface area (Å²) in [7, 11) is 0. The third kappa shape index (κ3) is 2.35. The summed E-state index contributed by atoms with van der Waals surface area (Å²) in [5, 5.41) is 19.0. The summed E-state index contributed by atoms with van der Waals surface area (Å²) < 4.78 is 1.00. The second kappa shape index (κ2) is 5.19. The molecular weight excluding hydrogens is 342 g/mol. The maximum atomic E-state index is 10.7. The maximum Gasteiger partial charge on any atom is 0.115 e. The van der Waals surface area contributed by atoms with Crippen molar-refractivity contribution in [3.8, 4) is 0 Å². The summed E-state index contributed by atoms with van der Waals surface area (Å²) in [6.45, 7) is 2.13. The average Bonchev–Trinajstić information content (AvgIpc) is 2.95. The molecule has 0 saturated carbocycles. The predicted octanol–water partition coefficient (Wildman–Crippen LogP) is 3.03. The van der Waals surface area contributed by atoms with E-state index in [1.165, 1.54) is 5.56 Å². The van der Waals surface area contributed by atoms with Gasteiger partial charge < -0.3 is 5.11 Å². The van der Waals surface area contributed by atoms with Crippen molar-refractivity contribution in [2.75, 3.05) is 13.1 Å². The van der Waals surface area contributed by atoms with E-state index in [1.807, 2.05) is 42.6 Å². The Morgan fingerprint density at radius 1 is 1.23 bits per heavy atom. The van der Waals surface area contributed by atoms with Gasteiger partial charge in [0.2, 0.25) is 0 Å². The zero-order valence-electron chi connectivity index (χ0n) is 12.0. The van der Waals surface area contributed by atoms with E-state index in [-0.39, 0.29) is 0 Å². The van der Waals surface area contributed by atoms with Crippen molar-refractivity contribution in [1.29, 1.82) is 0 Å². The van der Waals surface area contributed by atoms with Crippen molar-refractivity contribution in [3.63, 3.8) is 0 Å². The molecule has 1 aromatic heterocycles. The molecule has 0 aliphatic carbocycles. The Morgan fingerprint density at radius 2 is 2.05 bits per heavy atom. The lowest BCUT2D eigenvalue weighted by molar-refractivity contribution is -0.107. The average molecular weight is 358 g/mol. The van der Waals surface area contributed by atoms with Crippen molar-refractivity contribution < 1.29 is 5.11 Å². The van der Waals surface area contributed by atoms with Crippen LogP contribution in [0.2, 0.25) is 0 Å².